The van der Waals surface area contributed by atoms with Gasteiger partial charge in [0, 0.05) is 32.0 Å². The predicted molar refractivity (Wildman–Crippen MR) is 77.5 cm³/mol. The van der Waals surface area contributed by atoms with Crippen molar-refractivity contribution in [2.45, 2.75) is 40.0 Å². The first-order chi connectivity index (χ1) is 9.22. The Kier molecular flexibility index (Phi) is 6.85. The van der Waals surface area contributed by atoms with Crippen molar-refractivity contribution in [2.24, 2.45) is 0 Å². The van der Waals surface area contributed by atoms with Crippen LogP contribution in [0.5, 0.6) is 0 Å². The second-order valence-electron chi connectivity index (χ2n) is 4.41. The van der Waals surface area contributed by atoms with Crippen molar-refractivity contribution in [3.8, 4) is 0 Å². The molecule has 1 aromatic rings. The van der Waals surface area contributed by atoms with Crippen LogP contribution in [0.15, 0.2) is 12.4 Å². The van der Waals surface area contributed by atoms with Crippen molar-refractivity contribution in [1.29, 1.82) is 0 Å². The zero-order valence-electron chi connectivity index (χ0n) is 12.1. The number of hydrogen-bond acceptors (Lipinski definition) is 4. The van der Waals surface area contributed by atoms with Crippen LogP contribution in [-0.4, -0.2) is 35.5 Å². The van der Waals surface area contributed by atoms with Crippen LogP contribution in [0.1, 0.15) is 50.4 Å². The van der Waals surface area contributed by atoms with E-state index in [0.29, 0.717) is 18.1 Å². The molecule has 0 bridgehead atoms. The number of unbranched alkanes of at least 4 members (excludes halogenated alkanes) is 2. The lowest BCUT2D eigenvalue weighted by atomic mass is 10.2. The van der Waals surface area contributed by atoms with E-state index in [2.05, 4.69) is 36.1 Å². The van der Waals surface area contributed by atoms with E-state index in [1.165, 1.54) is 0 Å². The van der Waals surface area contributed by atoms with Crippen LogP contribution < -0.4 is 10.2 Å². The van der Waals surface area contributed by atoms with Gasteiger partial charge >= 0.3 is 0 Å². The Labute approximate surface area is 115 Å². The summed E-state index contributed by atoms with van der Waals surface area (Å²) >= 11 is 0. The molecule has 0 saturated carbocycles. The third-order valence-electron chi connectivity index (χ3n) is 3.01. The van der Waals surface area contributed by atoms with Gasteiger partial charge in [-0.25, -0.2) is 9.97 Å². The molecular weight excluding hydrogens is 240 g/mol. The molecule has 1 amide bonds. The lowest BCUT2D eigenvalue weighted by Gasteiger charge is -2.17. The predicted octanol–water partition coefficient (Wildman–Crippen LogP) is 2.24. The SMILES string of the molecule is CCCCCNC(=O)c1cnc(N(CC)CC)nc1. The lowest BCUT2D eigenvalue weighted by Crippen LogP contribution is -2.26. The molecule has 0 fully saturated rings. The number of amides is 1. The fourth-order valence-corrected chi connectivity index (χ4v) is 1.79. The Balaban J connectivity index is 2.53. The first kappa shape index (κ1) is 15.4. The summed E-state index contributed by atoms with van der Waals surface area (Å²) in [6.45, 7) is 8.69. The molecule has 0 unspecified atom stereocenters. The summed E-state index contributed by atoms with van der Waals surface area (Å²) in [6, 6.07) is 0. The number of rotatable bonds is 8. The number of nitrogens with one attached hydrogen (secondary N) is 1. The molecule has 1 rings (SSSR count). The number of nitrogens with zero attached hydrogens (tertiary/aromatic N) is 3. The summed E-state index contributed by atoms with van der Waals surface area (Å²) < 4.78 is 0. The number of hydrogen-bond donors (Lipinski definition) is 1. The van der Waals surface area contributed by atoms with Gasteiger partial charge in [-0.15, -0.1) is 0 Å². The molecule has 5 heteroatoms. The van der Waals surface area contributed by atoms with Gasteiger partial charge in [0.25, 0.3) is 5.91 Å². The van der Waals surface area contributed by atoms with Crippen LogP contribution in [-0.2, 0) is 0 Å². The van der Waals surface area contributed by atoms with Crippen molar-refractivity contribution in [3.05, 3.63) is 18.0 Å². The average Bonchev–Trinajstić information content (AvgIpc) is 2.45. The average molecular weight is 264 g/mol. The van der Waals surface area contributed by atoms with Gasteiger partial charge in [-0.1, -0.05) is 19.8 Å². The Bertz CT molecular complexity index is 374. The minimum absolute atomic E-state index is 0.0952. The Hall–Kier alpha value is -1.65. The molecule has 1 N–H and O–H groups in total. The monoisotopic (exact) mass is 264 g/mol. The third kappa shape index (κ3) is 4.85. The molecule has 0 aliphatic heterocycles. The normalized spacial score (nSPS) is 10.3. The summed E-state index contributed by atoms with van der Waals surface area (Å²) in [5, 5.41) is 2.88. The maximum atomic E-state index is 11.8. The van der Waals surface area contributed by atoms with E-state index in [1.807, 2.05) is 4.90 Å². The van der Waals surface area contributed by atoms with Gasteiger partial charge in [0.1, 0.15) is 0 Å². The molecule has 19 heavy (non-hydrogen) atoms. The molecule has 1 heterocycles. The number of carbonyl (C=O) groups excluding carboxylic acids is 1. The van der Waals surface area contributed by atoms with Gasteiger partial charge in [-0.3, -0.25) is 4.79 Å². The van der Waals surface area contributed by atoms with Crippen LogP contribution >= 0.6 is 0 Å². The lowest BCUT2D eigenvalue weighted by molar-refractivity contribution is 0.0952. The Morgan fingerprint density at radius 2 is 1.79 bits per heavy atom. The van der Waals surface area contributed by atoms with Crippen LogP contribution in [0.25, 0.3) is 0 Å². The second kappa shape index (κ2) is 8.45. The van der Waals surface area contributed by atoms with Crippen molar-refractivity contribution < 1.29 is 4.79 Å². The van der Waals surface area contributed by atoms with Gasteiger partial charge in [0.15, 0.2) is 0 Å². The molecule has 0 spiro atoms. The highest BCUT2D eigenvalue weighted by molar-refractivity contribution is 5.93. The number of anilines is 1. The topological polar surface area (TPSA) is 58.1 Å². The van der Waals surface area contributed by atoms with E-state index in [-0.39, 0.29) is 5.91 Å². The highest BCUT2D eigenvalue weighted by Crippen LogP contribution is 2.06. The van der Waals surface area contributed by atoms with Gasteiger partial charge in [0.05, 0.1) is 5.56 Å². The fourth-order valence-electron chi connectivity index (χ4n) is 1.79. The Morgan fingerprint density at radius 1 is 1.16 bits per heavy atom. The summed E-state index contributed by atoms with van der Waals surface area (Å²) in [5.74, 6) is 0.578. The van der Waals surface area contributed by atoms with Gasteiger partial charge in [-0.2, -0.15) is 0 Å². The van der Waals surface area contributed by atoms with E-state index in [1.54, 1.807) is 12.4 Å². The molecule has 0 radical (unpaired) electrons. The van der Waals surface area contributed by atoms with Crippen LogP contribution in [0.3, 0.4) is 0 Å². The van der Waals surface area contributed by atoms with Gasteiger partial charge in [-0.05, 0) is 20.3 Å². The van der Waals surface area contributed by atoms with Gasteiger partial charge < -0.3 is 10.2 Å². The highest BCUT2D eigenvalue weighted by Gasteiger charge is 2.08. The zero-order chi connectivity index (χ0) is 14.1. The molecule has 0 aliphatic carbocycles. The number of carbonyl (C=O) groups is 1. The van der Waals surface area contributed by atoms with E-state index < -0.39 is 0 Å². The summed E-state index contributed by atoms with van der Waals surface area (Å²) in [4.78, 5) is 22.3. The van der Waals surface area contributed by atoms with Crippen LogP contribution in [0.4, 0.5) is 5.95 Å². The maximum absolute atomic E-state index is 11.8. The van der Waals surface area contributed by atoms with Gasteiger partial charge in [0.2, 0.25) is 5.95 Å². The summed E-state index contributed by atoms with van der Waals surface area (Å²) in [5.41, 5.74) is 0.521. The highest BCUT2D eigenvalue weighted by atomic mass is 16.1. The Morgan fingerprint density at radius 3 is 2.32 bits per heavy atom. The quantitative estimate of drug-likeness (QED) is 0.732. The minimum atomic E-state index is -0.0952. The minimum Gasteiger partial charge on any atom is -0.352 e. The molecule has 1 aromatic heterocycles. The fraction of sp³-hybridized carbons (Fsp3) is 0.643. The summed E-state index contributed by atoms with van der Waals surface area (Å²) in [7, 11) is 0. The van der Waals surface area contributed by atoms with Crippen molar-refractivity contribution in [1.82, 2.24) is 15.3 Å². The standard InChI is InChI=1S/C14H24N4O/c1-4-7-8-9-15-13(19)12-10-16-14(17-11-12)18(5-2)6-3/h10-11H,4-9H2,1-3H3,(H,15,19). The van der Waals surface area contributed by atoms with Crippen LogP contribution in [0.2, 0.25) is 0 Å². The maximum Gasteiger partial charge on any atom is 0.254 e. The zero-order valence-corrected chi connectivity index (χ0v) is 12.1. The van der Waals surface area contributed by atoms with E-state index in [9.17, 15) is 4.79 Å². The van der Waals surface area contributed by atoms with E-state index >= 15 is 0 Å². The third-order valence-corrected chi connectivity index (χ3v) is 3.01. The molecule has 0 saturated heterocycles. The molecule has 0 aliphatic rings. The molecule has 5 nitrogen and oxygen atoms in total. The first-order valence-electron chi connectivity index (χ1n) is 7.08. The van der Waals surface area contributed by atoms with Crippen molar-refractivity contribution >= 4 is 11.9 Å². The first-order valence-corrected chi connectivity index (χ1v) is 7.08. The molecular formula is C14H24N4O. The smallest absolute Gasteiger partial charge is 0.254 e. The van der Waals surface area contributed by atoms with Crippen molar-refractivity contribution in [2.75, 3.05) is 24.5 Å². The molecule has 106 valence electrons. The van der Waals surface area contributed by atoms with E-state index in [0.717, 1.165) is 32.4 Å². The largest absolute Gasteiger partial charge is 0.352 e. The van der Waals surface area contributed by atoms with Crippen molar-refractivity contribution in [3.63, 3.8) is 0 Å². The molecule has 0 aromatic carbocycles. The van der Waals surface area contributed by atoms with E-state index in [4.69, 9.17) is 0 Å². The second-order valence-corrected chi connectivity index (χ2v) is 4.41. The van der Waals surface area contributed by atoms with Crippen LogP contribution in [0, 0.1) is 0 Å². The summed E-state index contributed by atoms with van der Waals surface area (Å²) in [6.07, 6.45) is 6.49. The number of aromatic nitrogens is 2. The molecule has 0 atom stereocenters.